The zero-order valence-corrected chi connectivity index (χ0v) is 11.9. The van der Waals surface area contributed by atoms with E-state index < -0.39 is 0 Å². The molecule has 100 valence electrons. The zero-order chi connectivity index (χ0) is 13.8. The van der Waals surface area contributed by atoms with Crippen molar-refractivity contribution in [1.29, 1.82) is 0 Å². The lowest BCUT2D eigenvalue weighted by molar-refractivity contribution is 0.329. The first-order valence-electron chi connectivity index (χ1n) is 5.71. The minimum Gasteiger partial charge on any atom is -0.476 e. The maximum atomic E-state index is 13.4. The highest BCUT2D eigenvalue weighted by Crippen LogP contribution is 2.25. The molecule has 2 rings (SSSR count). The average molecular weight is 326 g/mol. The summed E-state index contributed by atoms with van der Waals surface area (Å²) in [4.78, 5) is 4.22. The molecule has 2 aromatic rings. The predicted molar refractivity (Wildman–Crippen MR) is 77.2 cm³/mol. The molecule has 6 heteroatoms. The highest BCUT2D eigenvalue weighted by atomic mass is 79.9. The molecule has 19 heavy (non-hydrogen) atoms. The monoisotopic (exact) mass is 325 g/mol. The van der Waals surface area contributed by atoms with Crippen molar-refractivity contribution in [2.45, 2.75) is 6.92 Å². The largest absolute Gasteiger partial charge is 0.476 e. The van der Waals surface area contributed by atoms with Crippen molar-refractivity contribution >= 4 is 33.1 Å². The van der Waals surface area contributed by atoms with Gasteiger partial charge in [0.25, 0.3) is 0 Å². The van der Waals surface area contributed by atoms with Crippen LogP contribution in [0.2, 0.25) is 0 Å². The summed E-state index contributed by atoms with van der Waals surface area (Å²) in [6.45, 7) is 2.33. The Balaban J connectivity index is 2.22. The molecule has 0 aliphatic heterocycles. The molecule has 0 fully saturated rings. The van der Waals surface area contributed by atoms with Gasteiger partial charge >= 0.3 is 0 Å². The lowest BCUT2D eigenvalue weighted by atomic mass is 10.3. The number of benzene rings is 1. The number of halogens is 2. The molecule has 0 unspecified atom stereocenters. The minimum absolute atomic E-state index is 0.342. The summed E-state index contributed by atoms with van der Waals surface area (Å²) in [7, 11) is 0. The molecule has 4 nitrogen and oxygen atoms in total. The molecule has 1 aromatic heterocycles. The number of hydrogen-bond acceptors (Lipinski definition) is 4. The number of anilines is 3. The first-order valence-corrected chi connectivity index (χ1v) is 6.51. The third-order valence-corrected chi connectivity index (χ3v) is 3.01. The highest BCUT2D eigenvalue weighted by molar-refractivity contribution is 9.10. The van der Waals surface area contributed by atoms with E-state index in [1.807, 2.05) is 6.92 Å². The summed E-state index contributed by atoms with van der Waals surface area (Å²) in [5.41, 5.74) is 6.80. The van der Waals surface area contributed by atoms with Crippen LogP contribution in [0, 0.1) is 5.82 Å². The molecule has 0 spiro atoms. The number of nitrogens with one attached hydrogen (secondary N) is 1. The molecule has 0 amide bonds. The second-order valence-corrected chi connectivity index (χ2v) is 4.63. The number of hydrogen-bond donors (Lipinski definition) is 2. The van der Waals surface area contributed by atoms with E-state index >= 15 is 0 Å². The number of ether oxygens (including phenoxy) is 1. The van der Waals surface area contributed by atoms with Crippen LogP contribution in [0.5, 0.6) is 5.88 Å². The Hall–Kier alpha value is -1.82. The van der Waals surface area contributed by atoms with Crippen LogP contribution >= 0.6 is 15.9 Å². The van der Waals surface area contributed by atoms with Gasteiger partial charge in [0.1, 0.15) is 11.6 Å². The van der Waals surface area contributed by atoms with Crippen LogP contribution in [0.4, 0.5) is 21.6 Å². The van der Waals surface area contributed by atoms with Crippen molar-refractivity contribution in [3.05, 3.63) is 40.6 Å². The topological polar surface area (TPSA) is 60.2 Å². The van der Waals surface area contributed by atoms with Crippen LogP contribution in [0.3, 0.4) is 0 Å². The van der Waals surface area contributed by atoms with Gasteiger partial charge in [-0.3, -0.25) is 0 Å². The number of nitrogens with zero attached hydrogens (tertiary/aromatic N) is 1. The molecular weight excluding hydrogens is 313 g/mol. The molecule has 0 saturated heterocycles. The van der Waals surface area contributed by atoms with Crippen molar-refractivity contribution < 1.29 is 9.13 Å². The van der Waals surface area contributed by atoms with E-state index in [4.69, 9.17) is 10.5 Å². The molecule has 1 aromatic carbocycles. The molecule has 0 aliphatic carbocycles. The summed E-state index contributed by atoms with van der Waals surface area (Å²) < 4.78 is 19.1. The SMILES string of the molecule is CCOc1nc(Nc2ccc(Br)c(F)c2)ccc1N. The zero-order valence-electron chi connectivity index (χ0n) is 10.3. The summed E-state index contributed by atoms with van der Waals surface area (Å²) >= 11 is 3.10. The van der Waals surface area contributed by atoms with Crippen LogP contribution in [0.15, 0.2) is 34.8 Å². The fourth-order valence-electron chi connectivity index (χ4n) is 1.49. The van der Waals surface area contributed by atoms with E-state index in [-0.39, 0.29) is 5.82 Å². The quantitative estimate of drug-likeness (QED) is 0.899. The Morgan fingerprint density at radius 1 is 1.37 bits per heavy atom. The first kappa shape index (κ1) is 13.6. The fourth-order valence-corrected chi connectivity index (χ4v) is 1.74. The van der Waals surface area contributed by atoms with Gasteiger partial charge in [-0.15, -0.1) is 0 Å². The second kappa shape index (κ2) is 5.88. The first-order chi connectivity index (χ1) is 9.10. The van der Waals surface area contributed by atoms with Crippen molar-refractivity contribution in [3.63, 3.8) is 0 Å². The van der Waals surface area contributed by atoms with Crippen molar-refractivity contribution in [3.8, 4) is 5.88 Å². The van der Waals surface area contributed by atoms with Gasteiger partial charge in [-0.2, -0.15) is 4.98 Å². The Morgan fingerprint density at radius 2 is 2.16 bits per heavy atom. The summed E-state index contributed by atoms with van der Waals surface area (Å²) in [5, 5.41) is 2.99. The standard InChI is InChI=1S/C13H13BrFN3O/c1-2-19-13-11(16)5-6-12(18-13)17-8-3-4-9(14)10(15)7-8/h3-7H,2,16H2,1H3,(H,17,18). The molecule has 0 radical (unpaired) electrons. The molecule has 0 atom stereocenters. The van der Waals surface area contributed by atoms with Gasteiger partial charge in [-0.25, -0.2) is 4.39 Å². The molecule has 0 bridgehead atoms. The maximum absolute atomic E-state index is 13.4. The third kappa shape index (κ3) is 3.35. The van der Waals surface area contributed by atoms with Gasteiger partial charge in [0.05, 0.1) is 16.8 Å². The van der Waals surface area contributed by atoms with E-state index in [9.17, 15) is 4.39 Å². The van der Waals surface area contributed by atoms with Gasteiger partial charge in [-0.05, 0) is 53.2 Å². The van der Waals surface area contributed by atoms with E-state index in [0.29, 0.717) is 34.2 Å². The smallest absolute Gasteiger partial charge is 0.239 e. The Kier molecular flexibility index (Phi) is 4.21. The van der Waals surface area contributed by atoms with Gasteiger partial charge in [0.15, 0.2) is 0 Å². The van der Waals surface area contributed by atoms with Crippen molar-refractivity contribution in [2.75, 3.05) is 17.7 Å². The molecule has 3 N–H and O–H groups in total. The second-order valence-electron chi connectivity index (χ2n) is 3.78. The lowest BCUT2D eigenvalue weighted by Crippen LogP contribution is -2.02. The Labute approximate surface area is 118 Å². The number of pyridine rings is 1. The summed E-state index contributed by atoms with van der Waals surface area (Å²) in [6, 6.07) is 8.14. The highest BCUT2D eigenvalue weighted by Gasteiger charge is 2.05. The van der Waals surface area contributed by atoms with Crippen LogP contribution in [0.25, 0.3) is 0 Å². The molecule has 1 heterocycles. The number of rotatable bonds is 4. The predicted octanol–water partition coefficient (Wildman–Crippen LogP) is 3.71. The van der Waals surface area contributed by atoms with Crippen LogP contribution in [-0.4, -0.2) is 11.6 Å². The molecule has 0 aliphatic rings. The van der Waals surface area contributed by atoms with Crippen LogP contribution < -0.4 is 15.8 Å². The average Bonchev–Trinajstić information content (AvgIpc) is 2.38. The Morgan fingerprint density at radius 3 is 2.84 bits per heavy atom. The minimum atomic E-state index is -0.342. The summed E-state index contributed by atoms with van der Waals surface area (Å²) in [6.07, 6.45) is 0. The van der Waals surface area contributed by atoms with Gasteiger partial charge < -0.3 is 15.8 Å². The number of aromatic nitrogens is 1. The van der Waals surface area contributed by atoms with Crippen molar-refractivity contribution in [2.24, 2.45) is 0 Å². The maximum Gasteiger partial charge on any atom is 0.239 e. The van der Waals surface area contributed by atoms with Crippen molar-refractivity contribution in [1.82, 2.24) is 4.98 Å². The van der Waals surface area contributed by atoms with Crippen LogP contribution in [0.1, 0.15) is 6.92 Å². The van der Waals surface area contributed by atoms with Gasteiger partial charge in [-0.1, -0.05) is 0 Å². The number of nitrogen functional groups attached to an aromatic ring is 1. The van der Waals surface area contributed by atoms with Gasteiger partial charge in [0.2, 0.25) is 5.88 Å². The van der Waals surface area contributed by atoms with E-state index in [1.165, 1.54) is 6.07 Å². The normalized spacial score (nSPS) is 10.3. The third-order valence-electron chi connectivity index (χ3n) is 2.36. The van der Waals surface area contributed by atoms with Gasteiger partial charge in [0, 0.05) is 5.69 Å². The molecule has 0 saturated carbocycles. The summed E-state index contributed by atoms with van der Waals surface area (Å²) in [5.74, 6) is 0.565. The molecular formula is C13H13BrFN3O. The van der Waals surface area contributed by atoms with E-state index in [0.717, 1.165) is 0 Å². The fraction of sp³-hybridized carbons (Fsp3) is 0.154. The van der Waals surface area contributed by atoms with Crippen LogP contribution in [-0.2, 0) is 0 Å². The van der Waals surface area contributed by atoms with E-state index in [1.54, 1.807) is 24.3 Å². The lowest BCUT2D eigenvalue weighted by Gasteiger charge is -2.10. The number of nitrogens with two attached hydrogens (primary N) is 1. The van der Waals surface area contributed by atoms with E-state index in [2.05, 4.69) is 26.2 Å². The Bertz CT molecular complexity index is 592.